The second-order valence-electron chi connectivity index (χ2n) is 6.77. The number of methoxy groups -OCH3 is 1. The molecule has 10 unspecified atom stereocenters. The smallest absolute Gasteiger partial charge is 0.217 e. The molecule has 0 spiro atoms. The monoisotopic (exact) mass is 379 g/mol. The van der Waals surface area contributed by atoms with E-state index in [2.05, 4.69) is 5.32 Å². The number of carbonyl (C=O) groups excluding carboxylic acids is 1. The Bertz CT molecular complexity index is 479. The van der Waals surface area contributed by atoms with Gasteiger partial charge in [0.05, 0.1) is 18.8 Å². The van der Waals surface area contributed by atoms with Crippen molar-refractivity contribution in [2.75, 3.05) is 13.7 Å². The molecule has 0 bridgehead atoms. The highest BCUT2D eigenvalue weighted by Crippen LogP contribution is 2.29. The summed E-state index contributed by atoms with van der Waals surface area (Å²) in [7, 11) is 1.35. The van der Waals surface area contributed by atoms with Gasteiger partial charge in [-0.3, -0.25) is 4.79 Å². The maximum Gasteiger partial charge on any atom is 0.217 e. The zero-order valence-corrected chi connectivity index (χ0v) is 15.3. The molecule has 10 heteroatoms. The molecule has 0 aromatic carbocycles. The summed E-state index contributed by atoms with van der Waals surface area (Å²) in [4.78, 5) is 11.6. The summed E-state index contributed by atoms with van der Waals surface area (Å²) >= 11 is 0. The molecule has 0 aromatic rings. The number of nitrogens with one attached hydrogen (secondary N) is 1. The minimum Gasteiger partial charge on any atom is -0.394 e. The molecule has 2 saturated heterocycles. The first-order chi connectivity index (χ1) is 12.2. The lowest BCUT2D eigenvalue weighted by molar-refractivity contribution is -0.319. The average molecular weight is 379 g/mol. The molecule has 2 aliphatic rings. The van der Waals surface area contributed by atoms with Crippen molar-refractivity contribution in [1.29, 1.82) is 0 Å². The summed E-state index contributed by atoms with van der Waals surface area (Å²) in [5.41, 5.74) is 0. The molecule has 0 aromatic heterocycles. The molecule has 10 atom stereocenters. The Hall–Kier alpha value is -0.850. The van der Waals surface area contributed by atoms with Gasteiger partial charge in [-0.1, -0.05) is 0 Å². The van der Waals surface area contributed by atoms with Crippen LogP contribution in [0.4, 0.5) is 0 Å². The highest BCUT2D eigenvalue weighted by Gasteiger charge is 2.50. The third kappa shape index (κ3) is 4.34. The maximum absolute atomic E-state index is 11.6. The Balaban J connectivity index is 2.23. The number of hydrogen-bond donors (Lipinski definition) is 5. The number of ether oxygens (including phenoxy) is 4. The van der Waals surface area contributed by atoms with Crippen LogP contribution < -0.4 is 5.32 Å². The molecule has 2 rings (SSSR count). The number of carbonyl (C=O) groups is 1. The standard InChI is InChI=1S/C16H29NO9/c1-6-11(20)13(22)14(7(2)24-6)26-16-10(17-8(3)19)15(23-4)12(21)9(5-18)25-16/h6-7,9-16,18,20-22H,5H2,1-4H3,(H,17,19). The lowest BCUT2D eigenvalue weighted by Gasteiger charge is -2.47. The summed E-state index contributed by atoms with van der Waals surface area (Å²) in [6.07, 6.45) is -8.73. The third-order valence-corrected chi connectivity index (χ3v) is 4.85. The summed E-state index contributed by atoms with van der Waals surface area (Å²) in [6.45, 7) is 4.11. The molecular weight excluding hydrogens is 350 g/mol. The largest absolute Gasteiger partial charge is 0.394 e. The maximum atomic E-state index is 11.6. The van der Waals surface area contributed by atoms with Gasteiger partial charge in [0.15, 0.2) is 6.29 Å². The van der Waals surface area contributed by atoms with Crippen LogP contribution in [0.25, 0.3) is 0 Å². The number of hydrogen-bond acceptors (Lipinski definition) is 9. The molecule has 0 saturated carbocycles. The number of amides is 1. The first-order valence-corrected chi connectivity index (χ1v) is 8.62. The van der Waals surface area contributed by atoms with E-state index in [-0.39, 0.29) is 0 Å². The van der Waals surface area contributed by atoms with Crippen molar-refractivity contribution in [2.24, 2.45) is 0 Å². The minimum atomic E-state index is -1.24. The van der Waals surface area contributed by atoms with Gasteiger partial charge >= 0.3 is 0 Å². The fraction of sp³-hybridized carbons (Fsp3) is 0.938. The summed E-state index contributed by atoms with van der Waals surface area (Å²) in [5.74, 6) is -0.397. The van der Waals surface area contributed by atoms with Crippen molar-refractivity contribution in [1.82, 2.24) is 5.32 Å². The predicted molar refractivity (Wildman–Crippen MR) is 87.1 cm³/mol. The molecule has 2 fully saturated rings. The highest BCUT2D eigenvalue weighted by atomic mass is 16.7. The first-order valence-electron chi connectivity index (χ1n) is 8.62. The van der Waals surface area contributed by atoms with Gasteiger partial charge in [-0.15, -0.1) is 0 Å². The lowest BCUT2D eigenvalue weighted by Crippen LogP contribution is -2.67. The zero-order valence-electron chi connectivity index (χ0n) is 15.3. The van der Waals surface area contributed by atoms with Crippen molar-refractivity contribution >= 4 is 5.91 Å². The normalized spacial score (nSPS) is 46.8. The quantitative estimate of drug-likeness (QED) is 0.350. The van der Waals surface area contributed by atoms with Gasteiger partial charge in [-0.05, 0) is 13.8 Å². The molecular formula is C16H29NO9. The van der Waals surface area contributed by atoms with Crippen LogP contribution in [0.3, 0.4) is 0 Å². The Labute approximate surface area is 152 Å². The van der Waals surface area contributed by atoms with E-state index in [1.807, 2.05) is 0 Å². The second kappa shape index (κ2) is 8.89. The van der Waals surface area contributed by atoms with Crippen LogP contribution in [0.2, 0.25) is 0 Å². The Kier molecular flexibility index (Phi) is 7.34. The van der Waals surface area contributed by atoms with E-state index in [0.29, 0.717) is 0 Å². The van der Waals surface area contributed by atoms with Crippen molar-refractivity contribution in [3.8, 4) is 0 Å². The number of aliphatic hydroxyl groups is 4. The van der Waals surface area contributed by atoms with E-state index in [9.17, 15) is 25.2 Å². The van der Waals surface area contributed by atoms with Crippen LogP contribution in [-0.4, -0.2) is 101 Å². The number of rotatable bonds is 5. The van der Waals surface area contributed by atoms with Gasteiger partial charge in [0.2, 0.25) is 5.91 Å². The molecule has 2 heterocycles. The topological polar surface area (TPSA) is 147 Å². The van der Waals surface area contributed by atoms with E-state index < -0.39 is 73.7 Å². The van der Waals surface area contributed by atoms with Gasteiger partial charge in [0.1, 0.15) is 42.7 Å². The summed E-state index contributed by atoms with van der Waals surface area (Å²) < 4.78 is 22.3. The van der Waals surface area contributed by atoms with Crippen LogP contribution in [0.1, 0.15) is 20.8 Å². The van der Waals surface area contributed by atoms with Crippen molar-refractivity contribution in [3.63, 3.8) is 0 Å². The van der Waals surface area contributed by atoms with E-state index in [0.717, 1.165) is 0 Å². The van der Waals surface area contributed by atoms with E-state index >= 15 is 0 Å². The van der Waals surface area contributed by atoms with Crippen molar-refractivity contribution in [3.05, 3.63) is 0 Å². The molecule has 10 nitrogen and oxygen atoms in total. The fourth-order valence-corrected chi connectivity index (χ4v) is 3.45. The van der Waals surface area contributed by atoms with Gasteiger partial charge in [-0.25, -0.2) is 0 Å². The molecule has 1 amide bonds. The SMILES string of the molecule is COC1C(O)C(CO)OC(OC2C(C)OC(C)C(O)C2O)C1NC(C)=O. The molecule has 26 heavy (non-hydrogen) atoms. The molecule has 152 valence electrons. The molecule has 0 aliphatic carbocycles. The Morgan fingerprint density at radius 3 is 2.23 bits per heavy atom. The van der Waals surface area contributed by atoms with Crippen LogP contribution in [0.5, 0.6) is 0 Å². The van der Waals surface area contributed by atoms with Gasteiger partial charge in [0, 0.05) is 14.0 Å². The van der Waals surface area contributed by atoms with Crippen LogP contribution in [0.15, 0.2) is 0 Å². The van der Waals surface area contributed by atoms with Gasteiger partial charge < -0.3 is 44.7 Å². The van der Waals surface area contributed by atoms with E-state index in [1.165, 1.54) is 14.0 Å². The summed E-state index contributed by atoms with van der Waals surface area (Å²) in [6, 6.07) is -0.897. The third-order valence-electron chi connectivity index (χ3n) is 4.85. The van der Waals surface area contributed by atoms with E-state index in [1.54, 1.807) is 13.8 Å². The van der Waals surface area contributed by atoms with Crippen LogP contribution in [-0.2, 0) is 23.7 Å². The Morgan fingerprint density at radius 1 is 1.04 bits per heavy atom. The first kappa shape index (κ1) is 21.5. The van der Waals surface area contributed by atoms with Crippen LogP contribution in [0, 0.1) is 0 Å². The second-order valence-corrected chi connectivity index (χ2v) is 6.77. The van der Waals surface area contributed by atoms with Gasteiger partial charge in [0.25, 0.3) is 0 Å². The van der Waals surface area contributed by atoms with Crippen molar-refractivity contribution in [2.45, 2.75) is 81.9 Å². The molecule has 2 aliphatic heterocycles. The van der Waals surface area contributed by atoms with Gasteiger partial charge in [-0.2, -0.15) is 0 Å². The molecule has 0 radical (unpaired) electrons. The fourth-order valence-electron chi connectivity index (χ4n) is 3.45. The molecule has 5 N–H and O–H groups in total. The predicted octanol–water partition coefficient (Wildman–Crippen LogP) is -2.50. The zero-order chi connectivity index (χ0) is 19.6. The van der Waals surface area contributed by atoms with Crippen LogP contribution >= 0.6 is 0 Å². The lowest BCUT2D eigenvalue weighted by atomic mass is 9.94. The Morgan fingerprint density at radius 2 is 1.69 bits per heavy atom. The summed E-state index contributed by atoms with van der Waals surface area (Å²) in [5, 5.41) is 42.7. The highest BCUT2D eigenvalue weighted by molar-refractivity contribution is 5.73. The minimum absolute atomic E-state index is 0.397. The van der Waals surface area contributed by atoms with E-state index in [4.69, 9.17) is 18.9 Å². The average Bonchev–Trinajstić information content (AvgIpc) is 2.58. The number of aliphatic hydroxyl groups excluding tert-OH is 4. The van der Waals surface area contributed by atoms with Crippen molar-refractivity contribution < 1.29 is 44.2 Å².